The van der Waals surface area contributed by atoms with Gasteiger partial charge in [0.15, 0.2) is 0 Å². The Labute approximate surface area is 280 Å². The molecule has 4 rings (SSSR count). The van der Waals surface area contributed by atoms with Gasteiger partial charge in [-0.1, -0.05) is 78.7 Å². The summed E-state index contributed by atoms with van der Waals surface area (Å²) in [7, 11) is 0. The fourth-order valence-corrected chi connectivity index (χ4v) is 8.26. The van der Waals surface area contributed by atoms with E-state index in [-0.39, 0.29) is 54.8 Å². The summed E-state index contributed by atoms with van der Waals surface area (Å²) in [6.45, 7) is 15.0. The SMILES string of the molecule is C=CCCC(=O)OC[C@H](NC(=O)[C@H]1[C@@H]2O[C@@]3(CC2Br)[C@@H]1C(=O)N([C@@H](CO)[C@@H](C)CC)[C@@H]3C(=O)N(CC=C)C(C)C)c1ccccc1. The van der Waals surface area contributed by atoms with Crippen molar-refractivity contribution in [2.45, 2.75) is 94.1 Å². The third-order valence-electron chi connectivity index (χ3n) is 9.82. The van der Waals surface area contributed by atoms with E-state index in [1.165, 1.54) is 4.90 Å². The molecule has 46 heavy (non-hydrogen) atoms. The molecule has 3 aliphatic rings. The second-order valence-corrected chi connectivity index (χ2v) is 14.1. The number of aliphatic hydroxyl groups excluding tert-OH is 1. The number of nitrogens with one attached hydrogen (secondary N) is 1. The Kier molecular flexibility index (Phi) is 11.9. The standard InChI is InChI=1S/C35H48BrN3O7/c1-7-10-16-27(41)45-20-25(23-14-12-11-13-15-23)37-32(42)28-29-33(43)39(26(19-40)22(6)9-3)31(34(44)38(17-8-2)21(4)5)35(29)18-24(36)30(28)46-35/h7-8,11-15,21-22,24-26,28-31,40H,1-2,9-10,16-20H2,3-6H3,(H,37,42)/t22-,24?,25-,26-,28+,29-,30+,31+,35-/m0/s1. The molecule has 9 atom stereocenters. The number of allylic oxidation sites excluding steroid dienone is 1. The Bertz CT molecular complexity index is 1290. The van der Waals surface area contributed by atoms with Crippen molar-refractivity contribution in [1.29, 1.82) is 0 Å². The molecule has 1 aromatic carbocycles. The quantitative estimate of drug-likeness (QED) is 0.152. The summed E-state index contributed by atoms with van der Waals surface area (Å²) in [5.74, 6) is -3.46. The molecule has 252 valence electrons. The minimum absolute atomic E-state index is 0.0930. The molecule has 3 heterocycles. The molecule has 2 N–H and O–H groups in total. The van der Waals surface area contributed by atoms with Crippen LogP contribution in [0, 0.1) is 17.8 Å². The first-order valence-electron chi connectivity index (χ1n) is 16.2. The highest BCUT2D eigenvalue weighted by Gasteiger charge is 2.77. The van der Waals surface area contributed by atoms with Crippen molar-refractivity contribution >= 4 is 39.6 Å². The predicted molar refractivity (Wildman–Crippen MR) is 178 cm³/mol. The lowest BCUT2D eigenvalue weighted by atomic mass is 9.70. The number of amides is 3. The second-order valence-electron chi connectivity index (χ2n) is 12.9. The van der Waals surface area contributed by atoms with Gasteiger partial charge >= 0.3 is 5.97 Å². The molecule has 1 aromatic rings. The number of halogens is 1. The topological polar surface area (TPSA) is 125 Å². The first-order chi connectivity index (χ1) is 22.0. The third-order valence-corrected chi connectivity index (χ3v) is 10.7. The van der Waals surface area contributed by atoms with E-state index in [0.29, 0.717) is 19.3 Å². The normalized spacial score (nSPS) is 28.4. The average molecular weight is 703 g/mol. The third kappa shape index (κ3) is 6.69. The van der Waals surface area contributed by atoms with E-state index in [9.17, 15) is 24.3 Å². The van der Waals surface area contributed by atoms with Crippen LogP contribution in [0.15, 0.2) is 55.6 Å². The van der Waals surface area contributed by atoms with Gasteiger partial charge in [0, 0.05) is 23.8 Å². The zero-order chi connectivity index (χ0) is 33.8. The fraction of sp³-hybridized carbons (Fsp3) is 0.600. The number of fused-ring (bicyclic) bond motifs is 1. The zero-order valence-electron chi connectivity index (χ0n) is 27.3. The number of benzene rings is 1. The summed E-state index contributed by atoms with van der Waals surface area (Å²) in [6.07, 6.45) is 4.30. The van der Waals surface area contributed by atoms with Crippen LogP contribution in [0.1, 0.15) is 65.0 Å². The van der Waals surface area contributed by atoms with Crippen LogP contribution in [-0.4, -0.2) is 93.0 Å². The van der Waals surface area contributed by atoms with Gasteiger partial charge in [-0.3, -0.25) is 19.2 Å². The van der Waals surface area contributed by atoms with Crippen molar-refractivity contribution < 1.29 is 33.8 Å². The maximum atomic E-state index is 14.6. The van der Waals surface area contributed by atoms with Crippen LogP contribution in [-0.2, 0) is 28.7 Å². The molecular weight excluding hydrogens is 654 g/mol. The summed E-state index contributed by atoms with van der Waals surface area (Å²) in [6, 6.07) is 6.66. The van der Waals surface area contributed by atoms with E-state index < -0.39 is 53.5 Å². The number of rotatable bonds is 16. The highest BCUT2D eigenvalue weighted by Crippen LogP contribution is 2.61. The van der Waals surface area contributed by atoms with Crippen LogP contribution in [0.5, 0.6) is 0 Å². The number of ether oxygens (including phenoxy) is 2. The molecular formula is C35H48BrN3O7. The van der Waals surface area contributed by atoms with Crippen LogP contribution in [0.4, 0.5) is 0 Å². The molecule has 11 heteroatoms. The van der Waals surface area contributed by atoms with Gasteiger partial charge in [0.05, 0.1) is 36.6 Å². The number of nitrogens with zero attached hydrogens (tertiary/aromatic N) is 2. The smallest absolute Gasteiger partial charge is 0.306 e. The van der Waals surface area contributed by atoms with Gasteiger partial charge in [-0.2, -0.15) is 0 Å². The molecule has 0 aromatic heterocycles. The number of likely N-dealkylation sites (tertiary alicyclic amines) is 1. The molecule has 3 saturated heterocycles. The number of hydrogen-bond donors (Lipinski definition) is 2. The van der Waals surface area contributed by atoms with Crippen LogP contribution < -0.4 is 5.32 Å². The van der Waals surface area contributed by atoms with E-state index >= 15 is 0 Å². The highest BCUT2D eigenvalue weighted by atomic mass is 79.9. The number of esters is 1. The van der Waals surface area contributed by atoms with Crippen molar-refractivity contribution in [1.82, 2.24) is 15.1 Å². The number of alkyl halides is 1. The lowest BCUT2D eigenvalue weighted by molar-refractivity contribution is -0.153. The summed E-state index contributed by atoms with van der Waals surface area (Å²) < 4.78 is 12.2. The number of aliphatic hydroxyl groups is 1. The molecule has 1 spiro atoms. The largest absolute Gasteiger partial charge is 0.463 e. The van der Waals surface area contributed by atoms with E-state index in [1.54, 1.807) is 17.1 Å². The number of carbonyl (C=O) groups is 4. The Balaban J connectivity index is 1.73. The van der Waals surface area contributed by atoms with E-state index in [4.69, 9.17) is 9.47 Å². The Morgan fingerprint density at radius 1 is 1.22 bits per heavy atom. The Morgan fingerprint density at radius 3 is 2.50 bits per heavy atom. The lowest BCUT2D eigenvalue weighted by Crippen LogP contribution is -2.60. The van der Waals surface area contributed by atoms with Crippen molar-refractivity contribution in [3.8, 4) is 0 Å². The molecule has 3 amide bonds. The summed E-state index contributed by atoms with van der Waals surface area (Å²) in [5, 5.41) is 13.7. The van der Waals surface area contributed by atoms with Crippen molar-refractivity contribution in [3.63, 3.8) is 0 Å². The summed E-state index contributed by atoms with van der Waals surface area (Å²) >= 11 is 3.73. The second kappa shape index (κ2) is 15.3. The molecule has 2 bridgehead atoms. The predicted octanol–water partition coefficient (Wildman–Crippen LogP) is 3.93. The molecule has 10 nitrogen and oxygen atoms in total. The highest BCUT2D eigenvalue weighted by molar-refractivity contribution is 9.09. The molecule has 0 aliphatic carbocycles. The Hall–Kier alpha value is -3.02. The molecule has 3 fully saturated rings. The fourth-order valence-electron chi connectivity index (χ4n) is 7.31. The van der Waals surface area contributed by atoms with Gasteiger partial charge < -0.3 is 29.7 Å². The van der Waals surface area contributed by atoms with Gasteiger partial charge in [0.1, 0.15) is 18.2 Å². The average Bonchev–Trinajstić information content (AvgIpc) is 3.64. The minimum atomic E-state index is -1.27. The van der Waals surface area contributed by atoms with Gasteiger partial charge in [-0.15, -0.1) is 13.2 Å². The molecule has 1 unspecified atom stereocenters. The molecule has 0 radical (unpaired) electrons. The maximum Gasteiger partial charge on any atom is 0.306 e. The molecule has 0 saturated carbocycles. The van der Waals surface area contributed by atoms with Crippen LogP contribution in [0.3, 0.4) is 0 Å². The van der Waals surface area contributed by atoms with Crippen LogP contribution in [0.25, 0.3) is 0 Å². The van der Waals surface area contributed by atoms with Gasteiger partial charge in [-0.25, -0.2) is 0 Å². The summed E-state index contributed by atoms with van der Waals surface area (Å²) in [4.78, 5) is 58.7. The van der Waals surface area contributed by atoms with E-state index in [1.807, 2.05) is 58.0 Å². The summed E-state index contributed by atoms with van der Waals surface area (Å²) in [5.41, 5.74) is -0.535. The van der Waals surface area contributed by atoms with Crippen molar-refractivity contribution in [2.75, 3.05) is 19.8 Å². The zero-order valence-corrected chi connectivity index (χ0v) is 28.9. The number of carbonyl (C=O) groups excluding carboxylic acids is 4. The van der Waals surface area contributed by atoms with Crippen molar-refractivity contribution in [2.24, 2.45) is 17.8 Å². The van der Waals surface area contributed by atoms with Crippen LogP contribution >= 0.6 is 15.9 Å². The number of hydrogen-bond acceptors (Lipinski definition) is 7. The Morgan fingerprint density at radius 2 is 1.91 bits per heavy atom. The minimum Gasteiger partial charge on any atom is -0.463 e. The van der Waals surface area contributed by atoms with Gasteiger partial charge in [0.2, 0.25) is 17.7 Å². The monoisotopic (exact) mass is 701 g/mol. The first kappa shape index (κ1) is 35.8. The van der Waals surface area contributed by atoms with Crippen molar-refractivity contribution in [3.05, 3.63) is 61.2 Å². The van der Waals surface area contributed by atoms with Crippen LogP contribution in [0.2, 0.25) is 0 Å². The van der Waals surface area contributed by atoms with E-state index in [2.05, 4.69) is 34.4 Å². The van der Waals surface area contributed by atoms with Gasteiger partial charge in [-0.05, 0) is 38.2 Å². The first-order valence-corrected chi connectivity index (χ1v) is 17.2. The maximum absolute atomic E-state index is 14.6. The van der Waals surface area contributed by atoms with E-state index in [0.717, 1.165) is 5.56 Å². The van der Waals surface area contributed by atoms with Gasteiger partial charge in [0.25, 0.3) is 0 Å². The molecule has 3 aliphatic heterocycles. The lowest BCUT2D eigenvalue weighted by Gasteiger charge is -2.41.